The Morgan fingerprint density at radius 2 is 2.17 bits per heavy atom. The van der Waals surface area contributed by atoms with Crippen LogP contribution in [0.5, 0.6) is 0 Å². The van der Waals surface area contributed by atoms with Gasteiger partial charge in [-0.25, -0.2) is 9.42 Å². The van der Waals surface area contributed by atoms with Crippen molar-refractivity contribution in [1.29, 1.82) is 0 Å². The summed E-state index contributed by atoms with van der Waals surface area (Å²) in [6, 6.07) is 0. The molecule has 0 saturated carbocycles. The zero-order valence-corrected chi connectivity index (χ0v) is 7.20. The van der Waals surface area contributed by atoms with Gasteiger partial charge in [-0.05, 0) is 5.16 Å². The van der Waals surface area contributed by atoms with Crippen LogP contribution in [-0.4, -0.2) is 23.4 Å². The molecule has 0 radical (unpaired) electrons. The first-order valence-electron chi connectivity index (χ1n) is 3.57. The highest BCUT2D eigenvalue weighted by atomic mass is 16.6. The van der Waals surface area contributed by atoms with Crippen LogP contribution in [0.3, 0.4) is 0 Å². The van der Waals surface area contributed by atoms with Crippen LogP contribution in [0.2, 0.25) is 0 Å². The number of carbonyl (C=O) groups excluding carboxylic acids is 1. The summed E-state index contributed by atoms with van der Waals surface area (Å²) in [5.41, 5.74) is 0.689. The second-order valence-electron chi connectivity index (χ2n) is 2.64. The standard InChI is InChI=1S/C7H10N2O3/c1-4(2)5-6(7(10)11-3)9-12-8-5/h4H,1-3H3. The minimum Gasteiger partial charge on any atom is -0.464 e. The minimum absolute atomic E-state index is 0.102. The number of methoxy groups -OCH3 is 1. The molecule has 0 aliphatic heterocycles. The first kappa shape index (κ1) is 8.70. The third-order valence-electron chi connectivity index (χ3n) is 1.44. The Labute approximate surface area is 69.7 Å². The Kier molecular flexibility index (Phi) is 2.42. The summed E-state index contributed by atoms with van der Waals surface area (Å²) in [6.07, 6.45) is 0. The summed E-state index contributed by atoms with van der Waals surface area (Å²) in [6.45, 7) is 3.79. The molecule has 1 aromatic rings. The van der Waals surface area contributed by atoms with E-state index in [0.717, 1.165) is 0 Å². The highest BCUT2D eigenvalue weighted by molar-refractivity contribution is 5.88. The van der Waals surface area contributed by atoms with Crippen molar-refractivity contribution in [2.45, 2.75) is 19.8 Å². The molecule has 0 aromatic carbocycles. The molecule has 5 nitrogen and oxygen atoms in total. The van der Waals surface area contributed by atoms with Crippen molar-refractivity contribution in [2.24, 2.45) is 0 Å². The van der Waals surface area contributed by atoms with Gasteiger partial charge in [0.25, 0.3) is 0 Å². The van der Waals surface area contributed by atoms with Crippen LogP contribution >= 0.6 is 0 Å². The highest BCUT2D eigenvalue weighted by Crippen LogP contribution is 2.15. The smallest absolute Gasteiger partial charge is 0.362 e. The van der Waals surface area contributed by atoms with Gasteiger partial charge in [-0.1, -0.05) is 19.0 Å². The predicted molar refractivity (Wildman–Crippen MR) is 39.7 cm³/mol. The number of esters is 1. The van der Waals surface area contributed by atoms with Crippen LogP contribution < -0.4 is 0 Å². The van der Waals surface area contributed by atoms with Crippen molar-refractivity contribution in [3.8, 4) is 0 Å². The molecule has 0 aliphatic carbocycles. The predicted octanol–water partition coefficient (Wildman–Crippen LogP) is 0.980. The fraction of sp³-hybridized carbons (Fsp3) is 0.571. The number of rotatable bonds is 2. The van der Waals surface area contributed by atoms with Gasteiger partial charge in [0.1, 0.15) is 5.69 Å². The molecule has 1 aromatic heterocycles. The summed E-state index contributed by atoms with van der Waals surface area (Å²) < 4.78 is 8.91. The number of carbonyl (C=O) groups is 1. The number of nitrogens with zero attached hydrogens (tertiary/aromatic N) is 2. The van der Waals surface area contributed by atoms with Crippen LogP contribution in [0.15, 0.2) is 4.63 Å². The summed E-state index contributed by atoms with van der Waals surface area (Å²) in [7, 11) is 1.29. The van der Waals surface area contributed by atoms with Gasteiger partial charge in [-0.3, -0.25) is 0 Å². The molecule has 12 heavy (non-hydrogen) atoms. The van der Waals surface area contributed by atoms with Crippen LogP contribution in [-0.2, 0) is 4.74 Å². The van der Waals surface area contributed by atoms with E-state index in [9.17, 15) is 4.79 Å². The third-order valence-corrected chi connectivity index (χ3v) is 1.44. The lowest BCUT2D eigenvalue weighted by atomic mass is 10.1. The summed E-state index contributed by atoms with van der Waals surface area (Å²) in [5.74, 6) is -0.412. The molecule has 1 heterocycles. The quantitative estimate of drug-likeness (QED) is 0.619. The lowest BCUT2D eigenvalue weighted by Gasteiger charge is -1.98. The summed E-state index contributed by atoms with van der Waals surface area (Å²) >= 11 is 0. The second-order valence-corrected chi connectivity index (χ2v) is 2.64. The van der Waals surface area contributed by atoms with E-state index in [1.54, 1.807) is 0 Å². The molecule has 5 heteroatoms. The SMILES string of the molecule is COC(=O)c1nonc1C(C)C. The molecular formula is C7H10N2O3. The zero-order valence-electron chi connectivity index (χ0n) is 7.20. The van der Waals surface area contributed by atoms with Gasteiger partial charge < -0.3 is 4.74 Å². The fourth-order valence-corrected chi connectivity index (χ4v) is 0.813. The zero-order chi connectivity index (χ0) is 9.14. The topological polar surface area (TPSA) is 65.2 Å². The molecule has 0 N–H and O–H groups in total. The number of hydrogen-bond acceptors (Lipinski definition) is 5. The minimum atomic E-state index is -0.514. The van der Waals surface area contributed by atoms with Crippen molar-refractivity contribution >= 4 is 5.97 Å². The molecule has 0 spiro atoms. The lowest BCUT2D eigenvalue weighted by Crippen LogP contribution is -2.06. The summed E-state index contributed by atoms with van der Waals surface area (Å²) in [5, 5.41) is 7.05. The van der Waals surface area contributed by atoms with E-state index in [-0.39, 0.29) is 11.6 Å². The van der Waals surface area contributed by atoms with E-state index in [0.29, 0.717) is 5.69 Å². The second kappa shape index (κ2) is 3.34. The summed E-state index contributed by atoms with van der Waals surface area (Å²) in [4.78, 5) is 11.0. The van der Waals surface area contributed by atoms with Gasteiger partial charge in [0.05, 0.1) is 7.11 Å². The van der Waals surface area contributed by atoms with E-state index in [4.69, 9.17) is 0 Å². The van der Waals surface area contributed by atoms with Gasteiger partial charge in [0.2, 0.25) is 5.69 Å². The monoisotopic (exact) mass is 170 g/mol. The first-order valence-corrected chi connectivity index (χ1v) is 3.57. The van der Waals surface area contributed by atoms with Gasteiger partial charge in [0.15, 0.2) is 0 Å². The molecular weight excluding hydrogens is 160 g/mol. The lowest BCUT2D eigenvalue weighted by molar-refractivity contribution is 0.0587. The van der Waals surface area contributed by atoms with Crippen LogP contribution in [0.1, 0.15) is 35.9 Å². The van der Waals surface area contributed by atoms with Gasteiger partial charge in [-0.15, -0.1) is 0 Å². The van der Waals surface area contributed by atoms with E-state index >= 15 is 0 Å². The van der Waals surface area contributed by atoms with Crippen molar-refractivity contribution in [2.75, 3.05) is 7.11 Å². The van der Waals surface area contributed by atoms with Crippen molar-refractivity contribution in [3.63, 3.8) is 0 Å². The number of ether oxygens (including phenoxy) is 1. The number of hydrogen-bond donors (Lipinski definition) is 0. The molecule has 0 saturated heterocycles. The Hall–Kier alpha value is -1.39. The van der Waals surface area contributed by atoms with Gasteiger partial charge in [-0.2, -0.15) is 0 Å². The highest BCUT2D eigenvalue weighted by Gasteiger charge is 2.20. The van der Waals surface area contributed by atoms with E-state index in [1.165, 1.54) is 7.11 Å². The van der Waals surface area contributed by atoms with Gasteiger partial charge in [0, 0.05) is 5.92 Å². The molecule has 0 fully saturated rings. The van der Waals surface area contributed by atoms with Gasteiger partial charge >= 0.3 is 5.97 Å². The van der Waals surface area contributed by atoms with Crippen molar-refractivity contribution in [3.05, 3.63) is 11.4 Å². The Morgan fingerprint density at radius 3 is 2.67 bits per heavy atom. The molecule has 0 amide bonds. The first-order chi connectivity index (χ1) is 5.66. The normalized spacial score (nSPS) is 10.3. The Morgan fingerprint density at radius 1 is 1.50 bits per heavy atom. The fourth-order valence-electron chi connectivity index (χ4n) is 0.813. The van der Waals surface area contributed by atoms with E-state index in [1.807, 2.05) is 13.8 Å². The molecule has 0 bridgehead atoms. The maximum Gasteiger partial charge on any atom is 0.362 e. The van der Waals surface area contributed by atoms with Crippen molar-refractivity contribution < 1.29 is 14.2 Å². The molecule has 0 atom stereocenters. The van der Waals surface area contributed by atoms with Crippen LogP contribution in [0.25, 0.3) is 0 Å². The Balaban J connectivity index is 2.99. The van der Waals surface area contributed by atoms with E-state index < -0.39 is 5.97 Å². The molecule has 0 aliphatic rings. The van der Waals surface area contributed by atoms with Crippen LogP contribution in [0, 0.1) is 0 Å². The average molecular weight is 170 g/mol. The maximum atomic E-state index is 11.0. The third kappa shape index (κ3) is 1.44. The average Bonchev–Trinajstić information content (AvgIpc) is 2.50. The van der Waals surface area contributed by atoms with E-state index in [2.05, 4.69) is 19.7 Å². The molecule has 66 valence electrons. The van der Waals surface area contributed by atoms with Crippen molar-refractivity contribution in [1.82, 2.24) is 10.3 Å². The maximum absolute atomic E-state index is 11.0. The molecule has 0 unspecified atom stereocenters. The molecule has 1 rings (SSSR count). The largest absolute Gasteiger partial charge is 0.464 e. The van der Waals surface area contributed by atoms with Crippen LogP contribution in [0.4, 0.5) is 0 Å². The Bertz CT molecular complexity index is 280. The number of aromatic nitrogens is 2.